The van der Waals surface area contributed by atoms with E-state index in [0.29, 0.717) is 11.4 Å². The largest absolute Gasteiger partial charge is 0.548 e. The van der Waals surface area contributed by atoms with Crippen LogP contribution in [-0.4, -0.2) is 24.5 Å². The highest BCUT2D eigenvalue weighted by Gasteiger charge is 2.30. The van der Waals surface area contributed by atoms with E-state index in [0.717, 1.165) is 0 Å². The van der Waals surface area contributed by atoms with E-state index in [1.165, 1.54) is 4.90 Å². The van der Waals surface area contributed by atoms with Crippen molar-refractivity contribution in [2.75, 3.05) is 11.4 Å². The van der Waals surface area contributed by atoms with Gasteiger partial charge < -0.3 is 19.5 Å². The Morgan fingerprint density at radius 2 is 2.19 bits per heavy atom. The normalized spacial score (nSPS) is 18.9. The molecule has 1 aliphatic rings. The van der Waals surface area contributed by atoms with E-state index in [-0.39, 0.29) is 5.91 Å². The molecule has 1 atom stereocenters. The van der Waals surface area contributed by atoms with Gasteiger partial charge in [-0.3, -0.25) is 4.79 Å². The van der Waals surface area contributed by atoms with Crippen LogP contribution in [0.3, 0.4) is 0 Å². The standard InChI is InChI=1S/C11H11NO4/c1-7-11(15)12(6-10(13)14)8-4-2-3-5-9(8)16-7/h2-5,7H,6H2,1H3,(H,13,14)/p-1/t7-/m0/s1. The van der Waals surface area contributed by atoms with Gasteiger partial charge in [0.2, 0.25) is 0 Å². The zero-order chi connectivity index (χ0) is 11.7. The van der Waals surface area contributed by atoms with Gasteiger partial charge in [0.05, 0.1) is 18.2 Å². The summed E-state index contributed by atoms with van der Waals surface area (Å²) < 4.78 is 5.35. The van der Waals surface area contributed by atoms with Crippen LogP contribution in [-0.2, 0) is 9.59 Å². The highest BCUT2D eigenvalue weighted by Crippen LogP contribution is 2.33. The molecule has 5 heteroatoms. The zero-order valence-corrected chi connectivity index (χ0v) is 8.67. The van der Waals surface area contributed by atoms with E-state index in [4.69, 9.17) is 4.74 Å². The van der Waals surface area contributed by atoms with Gasteiger partial charge in [0.25, 0.3) is 5.91 Å². The van der Waals surface area contributed by atoms with E-state index in [1.807, 2.05) is 0 Å². The predicted molar refractivity (Wildman–Crippen MR) is 53.9 cm³/mol. The lowest BCUT2D eigenvalue weighted by molar-refractivity contribution is -0.303. The fraction of sp³-hybridized carbons (Fsp3) is 0.273. The van der Waals surface area contributed by atoms with Gasteiger partial charge >= 0.3 is 0 Å². The second-order valence-corrected chi connectivity index (χ2v) is 3.52. The van der Waals surface area contributed by atoms with Gasteiger partial charge in [-0.05, 0) is 19.1 Å². The number of carboxylic acid groups (broad SMARTS) is 1. The fourth-order valence-corrected chi connectivity index (χ4v) is 1.65. The molecule has 0 spiro atoms. The minimum atomic E-state index is -1.29. The summed E-state index contributed by atoms with van der Waals surface area (Å²) >= 11 is 0. The van der Waals surface area contributed by atoms with Crippen LogP contribution in [0.4, 0.5) is 5.69 Å². The third kappa shape index (κ3) is 1.71. The van der Waals surface area contributed by atoms with Gasteiger partial charge in [-0.25, -0.2) is 0 Å². The number of carbonyl (C=O) groups excluding carboxylic acids is 2. The molecular weight excluding hydrogens is 210 g/mol. The number of rotatable bonds is 2. The predicted octanol–water partition coefficient (Wildman–Crippen LogP) is -0.450. The van der Waals surface area contributed by atoms with E-state index >= 15 is 0 Å². The smallest absolute Gasteiger partial charge is 0.268 e. The molecule has 84 valence electrons. The maximum atomic E-state index is 11.7. The molecule has 0 radical (unpaired) electrons. The second-order valence-electron chi connectivity index (χ2n) is 3.52. The Bertz CT molecular complexity index is 443. The number of ether oxygens (including phenoxy) is 1. The summed E-state index contributed by atoms with van der Waals surface area (Å²) in [6, 6.07) is 6.81. The Morgan fingerprint density at radius 1 is 1.50 bits per heavy atom. The molecule has 16 heavy (non-hydrogen) atoms. The maximum Gasteiger partial charge on any atom is 0.268 e. The lowest BCUT2D eigenvalue weighted by Crippen LogP contribution is -2.49. The molecular formula is C11H10NO4-. The summed E-state index contributed by atoms with van der Waals surface area (Å²) in [4.78, 5) is 23.5. The molecule has 1 aliphatic heterocycles. The summed E-state index contributed by atoms with van der Waals surface area (Å²) in [6.45, 7) is 1.13. The Hall–Kier alpha value is -2.04. The van der Waals surface area contributed by atoms with Crippen LogP contribution in [0.1, 0.15) is 6.92 Å². The first-order valence-electron chi connectivity index (χ1n) is 4.86. The molecule has 5 nitrogen and oxygen atoms in total. The lowest BCUT2D eigenvalue weighted by Gasteiger charge is -2.33. The van der Waals surface area contributed by atoms with Gasteiger partial charge in [-0.1, -0.05) is 12.1 Å². The molecule has 0 bridgehead atoms. The molecule has 0 saturated carbocycles. The zero-order valence-electron chi connectivity index (χ0n) is 8.67. The average molecular weight is 220 g/mol. The monoisotopic (exact) mass is 220 g/mol. The Labute approximate surface area is 92.2 Å². The summed E-state index contributed by atoms with van der Waals surface area (Å²) in [5.41, 5.74) is 0.467. The molecule has 0 aromatic heterocycles. The summed E-state index contributed by atoms with van der Waals surface area (Å²) in [6.07, 6.45) is -0.672. The highest BCUT2D eigenvalue weighted by atomic mass is 16.5. The van der Waals surface area contributed by atoms with E-state index in [9.17, 15) is 14.7 Å². The molecule has 1 aromatic carbocycles. The highest BCUT2D eigenvalue weighted by molar-refractivity contribution is 6.02. The molecule has 0 N–H and O–H groups in total. The molecule has 1 heterocycles. The van der Waals surface area contributed by atoms with Crippen LogP contribution in [0.5, 0.6) is 5.75 Å². The number of anilines is 1. The molecule has 1 aromatic rings. The number of benzene rings is 1. The van der Waals surface area contributed by atoms with Crippen molar-refractivity contribution in [1.82, 2.24) is 0 Å². The van der Waals surface area contributed by atoms with Gasteiger partial charge in [0, 0.05) is 0 Å². The molecule has 1 amide bonds. The van der Waals surface area contributed by atoms with Gasteiger partial charge in [0.1, 0.15) is 5.75 Å². The SMILES string of the molecule is C[C@@H]1Oc2ccccc2N(CC(=O)[O-])C1=O. The molecule has 0 aliphatic carbocycles. The summed E-state index contributed by atoms with van der Waals surface area (Å²) in [5, 5.41) is 10.6. The van der Waals surface area contributed by atoms with Gasteiger partial charge in [0.15, 0.2) is 6.10 Å². The van der Waals surface area contributed by atoms with Crippen LogP contribution < -0.4 is 14.7 Å². The molecule has 0 saturated heterocycles. The molecule has 0 unspecified atom stereocenters. The number of aliphatic carboxylic acids is 1. The molecule has 0 fully saturated rings. The quantitative estimate of drug-likeness (QED) is 0.677. The van der Waals surface area contributed by atoms with Crippen molar-refractivity contribution in [1.29, 1.82) is 0 Å². The Morgan fingerprint density at radius 3 is 2.88 bits per heavy atom. The van der Waals surface area contributed by atoms with Crippen molar-refractivity contribution in [2.24, 2.45) is 0 Å². The number of hydrogen-bond donors (Lipinski definition) is 0. The number of carboxylic acids is 1. The van der Waals surface area contributed by atoms with Crippen molar-refractivity contribution in [3.63, 3.8) is 0 Å². The second kappa shape index (κ2) is 3.84. The van der Waals surface area contributed by atoms with Crippen molar-refractivity contribution in [3.8, 4) is 5.75 Å². The van der Waals surface area contributed by atoms with E-state index in [2.05, 4.69) is 0 Å². The average Bonchev–Trinajstić information content (AvgIpc) is 2.24. The van der Waals surface area contributed by atoms with E-state index < -0.39 is 18.6 Å². The van der Waals surface area contributed by atoms with Crippen LogP contribution in [0.15, 0.2) is 24.3 Å². The van der Waals surface area contributed by atoms with Gasteiger partial charge in [-0.15, -0.1) is 0 Å². The third-order valence-electron chi connectivity index (χ3n) is 2.36. The Balaban J connectivity index is 2.41. The molecule has 2 rings (SSSR count). The fourth-order valence-electron chi connectivity index (χ4n) is 1.65. The number of fused-ring (bicyclic) bond motifs is 1. The first kappa shape index (κ1) is 10.5. The number of nitrogens with zero attached hydrogens (tertiary/aromatic N) is 1. The van der Waals surface area contributed by atoms with Crippen LogP contribution in [0.25, 0.3) is 0 Å². The number of amides is 1. The minimum absolute atomic E-state index is 0.372. The minimum Gasteiger partial charge on any atom is -0.548 e. The van der Waals surface area contributed by atoms with E-state index in [1.54, 1.807) is 31.2 Å². The Kier molecular flexibility index (Phi) is 2.52. The van der Waals surface area contributed by atoms with Crippen molar-refractivity contribution in [2.45, 2.75) is 13.0 Å². The van der Waals surface area contributed by atoms with Crippen LogP contribution in [0.2, 0.25) is 0 Å². The van der Waals surface area contributed by atoms with Crippen molar-refractivity contribution >= 4 is 17.6 Å². The number of hydrogen-bond acceptors (Lipinski definition) is 4. The first-order chi connectivity index (χ1) is 7.59. The van der Waals surface area contributed by atoms with Crippen molar-refractivity contribution < 1.29 is 19.4 Å². The number of carbonyl (C=O) groups is 2. The van der Waals surface area contributed by atoms with Crippen LogP contribution >= 0.6 is 0 Å². The first-order valence-corrected chi connectivity index (χ1v) is 4.86. The third-order valence-corrected chi connectivity index (χ3v) is 2.36. The topological polar surface area (TPSA) is 69.7 Å². The van der Waals surface area contributed by atoms with Crippen LogP contribution in [0, 0.1) is 0 Å². The summed E-state index contributed by atoms with van der Waals surface area (Å²) in [5.74, 6) is -1.16. The summed E-state index contributed by atoms with van der Waals surface area (Å²) in [7, 11) is 0. The van der Waals surface area contributed by atoms with Crippen molar-refractivity contribution in [3.05, 3.63) is 24.3 Å². The van der Waals surface area contributed by atoms with Gasteiger partial charge in [-0.2, -0.15) is 0 Å². The number of para-hydroxylation sites is 2. The maximum absolute atomic E-state index is 11.7. The lowest BCUT2D eigenvalue weighted by atomic mass is 10.2.